The van der Waals surface area contributed by atoms with Gasteiger partial charge < -0.3 is 14.7 Å². The Balaban J connectivity index is 0.00000211. The van der Waals surface area contributed by atoms with Crippen LogP contribution in [0.5, 0.6) is 0 Å². The molecular weight excluding hydrogens is 274 g/mol. The number of likely N-dealkylation sites (tertiary alicyclic amines) is 1. The van der Waals surface area contributed by atoms with E-state index in [1.54, 1.807) is 0 Å². The van der Waals surface area contributed by atoms with Gasteiger partial charge in [0.25, 0.3) is 0 Å². The van der Waals surface area contributed by atoms with Gasteiger partial charge in [-0.25, -0.2) is 0 Å². The van der Waals surface area contributed by atoms with Crippen LogP contribution in [0.2, 0.25) is 0 Å². The molecule has 0 unspecified atom stereocenters. The summed E-state index contributed by atoms with van der Waals surface area (Å²) in [6.07, 6.45) is 11.3. The number of piperidine rings is 1. The van der Waals surface area contributed by atoms with E-state index in [0.29, 0.717) is 6.61 Å². The van der Waals surface area contributed by atoms with Crippen molar-refractivity contribution in [2.24, 2.45) is 5.92 Å². The van der Waals surface area contributed by atoms with Crippen LogP contribution in [-0.2, 0) is 4.74 Å². The third-order valence-corrected chi connectivity index (χ3v) is 4.50. The van der Waals surface area contributed by atoms with Gasteiger partial charge in [0.15, 0.2) is 0 Å². The van der Waals surface area contributed by atoms with Gasteiger partial charge in [-0.2, -0.15) is 0 Å². The fourth-order valence-electron chi connectivity index (χ4n) is 3.00. The molecule has 1 aliphatic rings. The number of hydrogen-bond donors (Lipinski definition) is 1. The summed E-state index contributed by atoms with van der Waals surface area (Å²) in [6.45, 7) is 12.2. The molecule has 1 fully saturated rings. The van der Waals surface area contributed by atoms with Crippen LogP contribution in [0, 0.1) is 5.92 Å². The molecule has 134 valence electrons. The molecular formula is C19H41NO2. The quantitative estimate of drug-likeness (QED) is 0.539. The van der Waals surface area contributed by atoms with Crippen molar-refractivity contribution < 1.29 is 9.84 Å². The fraction of sp³-hybridized carbons (Fsp3) is 1.00. The Kier molecular flexibility index (Phi) is 17.1. The number of nitrogens with zero attached hydrogens (tertiary/aromatic N) is 1. The summed E-state index contributed by atoms with van der Waals surface area (Å²) >= 11 is 0. The summed E-state index contributed by atoms with van der Waals surface area (Å²) in [5.74, 6) is 0.984. The maximum Gasteiger partial charge on any atom is 0.0466 e. The lowest BCUT2D eigenvalue weighted by Crippen LogP contribution is -2.33. The van der Waals surface area contributed by atoms with E-state index in [9.17, 15) is 0 Å². The standard InChI is InChI=1S/C17H35NO2.C2H6/c1-2-18-12-10-17(11-13-18)9-5-3-7-15-20-16-8-4-6-14-19;1-2/h17,19H,2-16H2,1H3;1-2H3. The number of ether oxygens (including phenoxy) is 1. The summed E-state index contributed by atoms with van der Waals surface area (Å²) in [7, 11) is 0. The van der Waals surface area contributed by atoms with Crippen molar-refractivity contribution in [2.75, 3.05) is 39.5 Å². The SMILES string of the molecule is CC.CCN1CCC(CCCCCOCCCCCO)CC1. The molecule has 0 radical (unpaired) electrons. The molecule has 1 aliphatic heterocycles. The molecule has 0 amide bonds. The lowest BCUT2D eigenvalue weighted by Gasteiger charge is -2.31. The third-order valence-electron chi connectivity index (χ3n) is 4.50. The van der Waals surface area contributed by atoms with Crippen LogP contribution >= 0.6 is 0 Å². The summed E-state index contributed by atoms with van der Waals surface area (Å²) in [5.41, 5.74) is 0. The summed E-state index contributed by atoms with van der Waals surface area (Å²) in [4.78, 5) is 2.57. The van der Waals surface area contributed by atoms with E-state index in [2.05, 4.69) is 11.8 Å². The normalized spacial score (nSPS) is 16.4. The molecule has 1 rings (SSSR count). The van der Waals surface area contributed by atoms with Gasteiger partial charge in [0.1, 0.15) is 0 Å². The first-order chi connectivity index (χ1) is 10.9. The molecule has 1 saturated heterocycles. The van der Waals surface area contributed by atoms with Gasteiger partial charge in [0.2, 0.25) is 0 Å². The Morgan fingerprint density at radius 1 is 0.909 bits per heavy atom. The van der Waals surface area contributed by atoms with Crippen LogP contribution in [0.4, 0.5) is 0 Å². The van der Waals surface area contributed by atoms with Crippen LogP contribution < -0.4 is 0 Å². The molecule has 0 bridgehead atoms. The molecule has 0 aromatic heterocycles. The third kappa shape index (κ3) is 12.4. The van der Waals surface area contributed by atoms with E-state index in [1.807, 2.05) is 13.8 Å². The Morgan fingerprint density at radius 2 is 1.50 bits per heavy atom. The zero-order chi connectivity index (χ0) is 16.5. The number of aliphatic hydroxyl groups is 1. The summed E-state index contributed by atoms with van der Waals surface area (Å²) in [6, 6.07) is 0. The van der Waals surface area contributed by atoms with Crippen molar-refractivity contribution in [2.45, 2.75) is 78.6 Å². The lowest BCUT2D eigenvalue weighted by atomic mass is 9.91. The number of aliphatic hydroxyl groups excluding tert-OH is 1. The van der Waals surface area contributed by atoms with Crippen LogP contribution in [0.25, 0.3) is 0 Å². The van der Waals surface area contributed by atoms with E-state index in [1.165, 1.54) is 58.2 Å². The van der Waals surface area contributed by atoms with Crippen LogP contribution in [0.3, 0.4) is 0 Å². The molecule has 0 atom stereocenters. The molecule has 3 heteroatoms. The second-order valence-corrected chi connectivity index (χ2v) is 6.12. The maximum absolute atomic E-state index is 8.66. The van der Waals surface area contributed by atoms with Crippen molar-refractivity contribution >= 4 is 0 Å². The minimum atomic E-state index is 0.317. The van der Waals surface area contributed by atoms with Gasteiger partial charge >= 0.3 is 0 Å². The molecule has 1 heterocycles. The van der Waals surface area contributed by atoms with E-state index in [0.717, 1.165) is 38.4 Å². The smallest absolute Gasteiger partial charge is 0.0466 e. The summed E-state index contributed by atoms with van der Waals surface area (Å²) in [5, 5.41) is 8.66. The molecule has 22 heavy (non-hydrogen) atoms. The van der Waals surface area contributed by atoms with Crippen LogP contribution in [0.1, 0.15) is 78.6 Å². The number of hydrogen-bond acceptors (Lipinski definition) is 3. The second kappa shape index (κ2) is 17.2. The topological polar surface area (TPSA) is 32.7 Å². The van der Waals surface area contributed by atoms with E-state index >= 15 is 0 Å². The molecule has 0 aromatic rings. The summed E-state index contributed by atoms with van der Waals surface area (Å²) < 4.78 is 5.61. The predicted molar refractivity (Wildman–Crippen MR) is 96.4 cm³/mol. The first-order valence-electron chi connectivity index (χ1n) is 9.77. The van der Waals surface area contributed by atoms with Gasteiger partial charge in [0, 0.05) is 19.8 Å². The minimum Gasteiger partial charge on any atom is -0.396 e. The Labute approximate surface area is 139 Å². The van der Waals surface area contributed by atoms with Gasteiger partial charge in [-0.05, 0) is 64.1 Å². The number of rotatable bonds is 12. The fourth-order valence-corrected chi connectivity index (χ4v) is 3.00. The van der Waals surface area contributed by atoms with Crippen LogP contribution in [-0.4, -0.2) is 49.5 Å². The van der Waals surface area contributed by atoms with Crippen molar-refractivity contribution in [3.8, 4) is 0 Å². The van der Waals surface area contributed by atoms with Gasteiger partial charge in [-0.1, -0.05) is 40.0 Å². The largest absolute Gasteiger partial charge is 0.396 e. The van der Waals surface area contributed by atoms with Crippen LogP contribution in [0.15, 0.2) is 0 Å². The first kappa shape index (κ1) is 21.9. The average Bonchev–Trinajstić information content (AvgIpc) is 2.59. The van der Waals surface area contributed by atoms with Gasteiger partial charge in [-0.3, -0.25) is 0 Å². The van der Waals surface area contributed by atoms with Gasteiger partial charge in [-0.15, -0.1) is 0 Å². The highest BCUT2D eigenvalue weighted by atomic mass is 16.5. The van der Waals surface area contributed by atoms with Crippen molar-refractivity contribution in [3.63, 3.8) is 0 Å². The zero-order valence-electron chi connectivity index (χ0n) is 15.5. The van der Waals surface area contributed by atoms with Gasteiger partial charge in [0.05, 0.1) is 0 Å². The molecule has 0 aliphatic carbocycles. The van der Waals surface area contributed by atoms with E-state index < -0.39 is 0 Å². The highest BCUT2D eigenvalue weighted by Gasteiger charge is 2.17. The predicted octanol–water partition coefficient (Wildman–Crippen LogP) is 4.48. The van der Waals surface area contributed by atoms with E-state index in [4.69, 9.17) is 9.84 Å². The van der Waals surface area contributed by atoms with Crippen molar-refractivity contribution in [1.29, 1.82) is 0 Å². The first-order valence-corrected chi connectivity index (χ1v) is 9.77. The molecule has 0 aromatic carbocycles. The van der Waals surface area contributed by atoms with Crippen molar-refractivity contribution in [1.82, 2.24) is 4.90 Å². The molecule has 0 spiro atoms. The lowest BCUT2D eigenvalue weighted by molar-refractivity contribution is 0.123. The van der Waals surface area contributed by atoms with Crippen molar-refractivity contribution in [3.05, 3.63) is 0 Å². The number of unbranched alkanes of at least 4 members (excludes halogenated alkanes) is 4. The Hall–Kier alpha value is -0.120. The van der Waals surface area contributed by atoms with E-state index in [-0.39, 0.29) is 0 Å². The molecule has 0 saturated carbocycles. The highest BCUT2D eigenvalue weighted by Crippen LogP contribution is 2.22. The highest BCUT2D eigenvalue weighted by molar-refractivity contribution is 4.71. The Bertz CT molecular complexity index is 204. The molecule has 3 nitrogen and oxygen atoms in total. The zero-order valence-corrected chi connectivity index (χ0v) is 15.5. The maximum atomic E-state index is 8.66. The minimum absolute atomic E-state index is 0.317. The monoisotopic (exact) mass is 315 g/mol. The average molecular weight is 316 g/mol. The Morgan fingerprint density at radius 3 is 2.05 bits per heavy atom. The molecule has 1 N–H and O–H groups in total. The second-order valence-electron chi connectivity index (χ2n) is 6.12.